The Labute approximate surface area is 195 Å². The fourth-order valence-electron chi connectivity index (χ4n) is 2.61. The standard InChI is InChI=1S/C25H42O6Si/c1-11-30-23(26)15-13-12-14-19(2)18-20(3)21(31-32(9,10)25(4,5)6)16-17-22(28-7)24(27)29-8/h12-15,17-18,20-21H,11,16H2,1-10H3/t20-,21-/m0/s1. The third kappa shape index (κ3) is 11.0. The Balaban J connectivity index is 5.63. The lowest BCUT2D eigenvalue weighted by atomic mass is 9.98. The molecule has 0 amide bonds. The number of methoxy groups -OCH3 is 2. The van der Waals surface area contributed by atoms with Gasteiger partial charge >= 0.3 is 11.9 Å². The van der Waals surface area contributed by atoms with Crippen molar-refractivity contribution < 1.29 is 28.2 Å². The third-order valence-corrected chi connectivity index (χ3v) is 10.00. The molecule has 0 bridgehead atoms. The molecule has 6 nitrogen and oxygen atoms in total. The van der Waals surface area contributed by atoms with Crippen LogP contribution >= 0.6 is 0 Å². The first-order valence-electron chi connectivity index (χ1n) is 11.0. The van der Waals surface area contributed by atoms with Gasteiger partial charge in [-0.05, 0) is 50.4 Å². The van der Waals surface area contributed by atoms with Crippen molar-refractivity contribution in [2.75, 3.05) is 20.8 Å². The van der Waals surface area contributed by atoms with Crippen molar-refractivity contribution in [3.63, 3.8) is 0 Å². The minimum Gasteiger partial charge on any atom is -0.490 e. The summed E-state index contributed by atoms with van der Waals surface area (Å²) in [4.78, 5) is 23.2. The number of esters is 2. The number of allylic oxidation sites excluding steroid dienone is 4. The number of hydrogen-bond donors (Lipinski definition) is 0. The average Bonchev–Trinajstić information content (AvgIpc) is 2.69. The van der Waals surface area contributed by atoms with E-state index in [1.807, 2.05) is 13.0 Å². The number of rotatable bonds is 12. The van der Waals surface area contributed by atoms with E-state index in [1.54, 1.807) is 25.2 Å². The third-order valence-electron chi connectivity index (χ3n) is 5.50. The SMILES string of the molecule is CCOC(=O)C=CC=CC(C)=C[C@H](C)[C@H](CC=C(OC)C(=O)OC)O[Si](C)(C)C(C)(C)C. The lowest BCUT2D eigenvalue weighted by Crippen LogP contribution is -2.45. The highest BCUT2D eigenvalue weighted by Gasteiger charge is 2.39. The molecule has 0 aromatic carbocycles. The molecule has 0 heterocycles. The minimum atomic E-state index is -2.05. The average molecular weight is 467 g/mol. The van der Waals surface area contributed by atoms with Crippen molar-refractivity contribution in [1.82, 2.24) is 0 Å². The largest absolute Gasteiger partial charge is 0.490 e. The summed E-state index contributed by atoms with van der Waals surface area (Å²) in [6.07, 6.45) is 11.0. The smallest absolute Gasteiger partial charge is 0.372 e. The van der Waals surface area contributed by atoms with E-state index < -0.39 is 14.3 Å². The van der Waals surface area contributed by atoms with E-state index in [0.29, 0.717) is 13.0 Å². The summed E-state index contributed by atoms with van der Waals surface area (Å²) in [5.74, 6) is -0.612. The zero-order chi connectivity index (χ0) is 24.9. The molecule has 0 saturated carbocycles. The van der Waals surface area contributed by atoms with Crippen molar-refractivity contribution in [3.05, 3.63) is 47.8 Å². The Bertz CT molecular complexity index is 725. The van der Waals surface area contributed by atoms with Gasteiger partial charge in [-0.1, -0.05) is 57.6 Å². The van der Waals surface area contributed by atoms with Crippen molar-refractivity contribution in [1.29, 1.82) is 0 Å². The lowest BCUT2D eigenvalue weighted by Gasteiger charge is -2.40. The van der Waals surface area contributed by atoms with Gasteiger partial charge < -0.3 is 18.6 Å². The molecule has 0 aliphatic heterocycles. The molecule has 0 unspecified atom stereocenters. The first-order valence-corrected chi connectivity index (χ1v) is 13.9. The summed E-state index contributed by atoms with van der Waals surface area (Å²) in [5.41, 5.74) is 1.04. The van der Waals surface area contributed by atoms with E-state index >= 15 is 0 Å². The monoisotopic (exact) mass is 466 g/mol. The highest BCUT2D eigenvalue weighted by molar-refractivity contribution is 6.74. The molecule has 0 saturated heterocycles. The summed E-state index contributed by atoms with van der Waals surface area (Å²) in [7, 11) is 0.735. The number of carbonyl (C=O) groups is 2. The van der Waals surface area contributed by atoms with E-state index in [0.717, 1.165) is 5.57 Å². The van der Waals surface area contributed by atoms with Gasteiger partial charge in [0.15, 0.2) is 14.1 Å². The van der Waals surface area contributed by atoms with Gasteiger partial charge in [0.1, 0.15) is 0 Å². The van der Waals surface area contributed by atoms with E-state index in [2.05, 4.69) is 46.9 Å². The van der Waals surface area contributed by atoms with Gasteiger partial charge in [0.05, 0.1) is 26.9 Å². The second-order valence-corrected chi connectivity index (χ2v) is 13.9. The zero-order valence-electron chi connectivity index (χ0n) is 21.5. The molecule has 182 valence electrons. The van der Waals surface area contributed by atoms with Crippen LogP contribution in [-0.4, -0.2) is 47.2 Å². The Morgan fingerprint density at radius 2 is 1.62 bits per heavy atom. The molecule has 0 radical (unpaired) electrons. The van der Waals surface area contributed by atoms with Gasteiger partial charge in [0.2, 0.25) is 0 Å². The molecular weight excluding hydrogens is 424 g/mol. The maximum atomic E-state index is 11.9. The zero-order valence-corrected chi connectivity index (χ0v) is 22.5. The number of carbonyl (C=O) groups excluding carboxylic acids is 2. The van der Waals surface area contributed by atoms with Crippen LogP contribution in [0.2, 0.25) is 18.1 Å². The molecule has 0 rings (SSSR count). The van der Waals surface area contributed by atoms with E-state index in [9.17, 15) is 9.59 Å². The van der Waals surface area contributed by atoms with Crippen molar-refractivity contribution in [3.8, 4) is 0 Å². The second kappa shape index (κ2) is 14.1. The van der Waals surface area contributed by atoms with Crippen molar-refractivity contribution in [2.45, 2.75) is 72.2 Å². The minimum absolute atomic E-state index is 0.0532. The fourth-order valence-corrected chi connectivity index (χ4v) is 4.03. The molecule has 0 aromatic rings. The van der Waals surface area contributed by atoms with E-state index in [4.69, 9.17) is 18.6 Å². The molecule has 0 aliphatic carbocycles. The topological polar surface area (TPSA) is 71.1 Å². The molecule has 2 atom stereocenters. The number of ether oxygens (including phenoxy) is 3. The fraction of sp³-hybridized carbons (Fsp3) is 0.600. The predicted octanol–water partition coefficient (Wildman–Crippen LogP) is 5.73. The van der Waals surface area contributed by atoms with Crippen LogP contribution in [0.4, 0.5) is 0 Å². The first-order chi connectivity index (χ1) is 14.8. The Hall–Kier alpha value is -2.12. The van der Waals surface area contributed by atoms with Crippen molar-refractivity contribution >= 4 is 20.3 Å². The van der Waals surface area contributed by atoms with Crippen LogP contribution in [0.5, 0.6) is 0 Å². The molecule has 0 N–H and O–H groups in total. The molecule has 7 heteroatoms. The normalized spacial score (nSPS) is 15.7. The molecule has 0 fully saturated rings. The Morgan fingerprint density at radius 3 is 2.12 bits per heavy atom. The summed E-state index contributed by atoms with van der Waals surface area (Å²) in [6, 6.07) is 0. The van der Waals surface area contributed by atoms with Gasteiger partial charge in [-0.15, -0.1) is 0 Å². The van der Waals surface area contributed by atoms with Crippen LogP contribution in [0, 0.1) is 5.92 Å². The van der Waals surface area contributed by atoms with Gasteiger partial charge in [-0.3, -0.25) is 0 Å². The summed E-state index contributed by atoms with van der Waals surface area (Å²) in [5, 5.41) is 0.0532. The van der Waals surface area contributed by atoms with Crippen LogP contribution < -0.4 is 0 Å². The van der Waals surface area contributed by atoms with Crippen LogP contribution in [0.25, 0.3) is 0 Å². The predicted molar refractivity (Wildman–Crippen MR) is 132 cm³/mol. The van der Waals surface area contributed by atoms with Gasteiger partial charge in [0, 0.05) is 6.08 Å². The maximum absolute atomic E-state index is 11.9. The van der Waals surface area contributed by atoms with E-state index in [-0.39, 0.29) is 28.8 Å². The maximum Gasteiger partial charge on any atom is 0.372 e. The van der Waals surface area contributed by atoms with Gasteiger partial charge in [0.25, 0.3) is 0 Å². The highest BCUT2D eigenvalue weighted by Crippen LogP contribution is 2.38. The van der Waals surface area contributed by atoms with Crippen LogP contribution in [-0.2, 0) is 28.2 Å². The van der Waals surface area contributed by atoms with Gasteiger partial charge in [-0.2, -0.15) is 0 Å². The molecular formula is C25H42O6Si. The van der Waals surface area contributed by atoms with E-state index in [1.165, 1.54) is 20.3 Å². The molecule has 0 aliphatic rings. The summed E-state index contributed by atoms with van der Waals surface area (Å²) >= 11 is 0. The Morgan fingerprint density at radius 1 is 1.03 bits per heavy atom. The summed E-state index contributed by atoms with van der Waals surface area (Å²) in [6.45, 7) is 17.3. The van der Waals surface area contributed by atoms with Gasteiger partial charge in [-0.25, -0.2) is 9.59 Å². The second-order valence-electron chi connectivity index (χ2n) is 9.16. The molecule has 0 spiro atoms. The molecule has 0 aromatic heterocycles. The first kappa shape index (κ1) is 29.9. The van der Waals surface area contributed by atoms with Crippen LogP contribution in [0.15, 0.2) is 47.8 Å². The molecule has 32 heavy (non-hydrogen) atoms. The summed E-state index contributed by atoms with van der Waals surface area (Å²) < 4.78 is 21.5. The van der Waals surface area contributed by atoms with Crippen LogP contribution in [0.1, 0.15) is 48.0 Å². The highest BCUT2D eigenvalue weighted by atomic mass is 28.4. The Kier molecular flexibility index (Phi) is 13.2. The van der Waals surface area contributed by atoms with Crippen molar-refractivity contribution in [2.24, 2.45) is 5.92 Å². The van der Waals surface area contributed by atoms with Crippen LogP contribution in [0.3, 0.4) is 0 Å². The lowest BCUT2D eigenvalue weighted by molar-refractivity contribution is -0.139. The number of hydrogen-bond acceptors (Lipinski definition) is 6. The quantitative estimate of drug-likeness (QED) is 0.120.